The molecule has 1 aromatic rings. The van der Waals surface area contributed by atoms with Gasteiger partial charge in [-0.05, 0) is 34.5 Å². The highest BCUT2D eigenvalue weighted by Gasteiger charge is 2.43. The van der Waals surface area contributed by atoms with Crippen molar-refractivity contribution in [1.29, 1.82) is 0 Å². The summed E-state index contributed by atoms with van der Waals surface area (Å²) in [6.07, 6.45) is 1.66. The van der Waals surface area contributed by atoms with Crippen LogP contribution in [-0.2, 0) is 0 Å². The van der Waals surface area contributed by atoms with Gasteiger partial charge in [0.2, 0.25) is 0 Å². The van der Waals surface area contributed by atoms with Crippen LogP contribution in [0.15, 0.2) is 21.2 Å². The lowest BCUT2D eigenvalue weighted by atomic mass is 9.89. The van der Waals surface area contributed by atoms with Crippen LogP contribution in [0.3, 0.4) is 0 Å². The summed E-state index contributed by atoms with van der Waals surface area (Å²) in [6.45, 7) is 2.82. The molecule has 1 aliphatic rings. The third-order valence-corrected chi connectivity index (χ3v) is 3.18. The van der Waals surface area contributed by atoms with E-state index in [2.05, 4.69) is 15.9 Å². The SMILES string of the molecule is CCCC1(O)CN(C(=O)c2ccc(Br)o2)C1. The number of likely N-dealkylation sites (tertiary alicyclic amines) is 1. The molecular weight excluding hydrogens is 274 g/mol. The van der Waals surface area contributed by atoms with Crippen molar-refractivity contribution in [2.45, 2.75) is 25.4 Å². The fraction of sp³-hybridized carbons (Fsp3) is 0.545. The van der Waals surface area contributed by atoms with Crippen LogP contribution < -0.4 is 0 Å². The standard InChI is InChI=1S/C11H14BrNO3/c1-2-5-11(15)6-13(7-11)10(14)8-3-4-9(12)16-8/h3-4,15H,2,5-7H2,1H3. The first-order chi connectivity index (χ1) is 7.54. The van der Waals surface area contributed by atoms with Gasteiger partial charge >= 0.3 is 0 Å². The van der Waals surface area contributed by atoms with Gasteiger partial charge in [-0.3, -0.25) is 4.79 Å². The second-order valence-corrected chi connectivity index (χ2v) is 5.02. The molecule has 1 N–H and O–H groups in total. The van der Waals surface area contributed by atoms with Crippen LogP contribution in [0.1, 0.15) is 30.3 Å². The van der Waals surface area contributed by atoms with Crippen molar-refractivity contribution in [2.24, 2.45) is 0 Å². The lowest BCUT2D eigenvalue weighted by Crippen LogP contribution is -2.63. The Morgan fingerprint density at radius 1 is 1.62 bits per heavy atom. The minimum atomic E-state index is -0.686. The molecule has 1 aliphatic heterocycles. The maximum Gasteiger partial charge on any atom is 0.289 e. The summed E-state index contributed by atoms with van der Waals surface area (Å²) < 4.78 is 5.72. The van der Waals surface area contributed by atoms with E-state index < -0.39 is 5.60 Å². The van der Waals surface area contributed by atoms with Crippen molar-refractivity contribution in [2.75, 3.05) is 13.1 Å². The Morgan fingerprint density at radius 2 is 2.31 bits per heavy atom. The molecule has 1 fully saturated rings. The number of nitrogens with zero attached hydrogens (tertiary/aromatic N) is 1. The summed E-state index contributed by atoms with van der Waals surface area (Å²) in [5, 5.41) is 9.95. The molecule has 2 rings (SSSR count). The maximum atomic E-state index is 11.8. The molecule has 0 saturated carbocycles. The molecule has 1 aromatic heterocycles. The van der Waals surface area contributed by atoms with Crippen molar-refractivity contribution in [3.05, 3.63) is 22.6 Å². The highest BCUT2D eigenvalue weighted by Crippen LogP contribution is 2.28. The summed E-state index contributed by atoms with van der Waals surface area (Å²) >= 11 is 3.15. The maximum absolute atomic E-state index is 11.8. The zero-order chi connectivity index (χ0) is 11.8. The van der Waals surface area contributed by atoms with E-state index in [0.29, 0.717) is 23.5 Å². The van der Waals surface area contributed by atoms with Crippen LogP contribution in [0.4, 0.5) is 0 Å². The van der Waals surface area contributed by atoms with Crippen molar-refractivity contribution in [1.82, 2.24) is 4.90 Å². The molecule has 0 unspecified atom stereocenters. The van der Waals surface area contributed by atoms with Gasteiger partial charge in [-0.25, -0.2) is 0 Å². The zero-order valence-electron chi connectivity index (χ0n) is 9.07. The zero-order valence-corrected chi connectivity index (χ0v) is 10.7. The number of halogens is 1. The van der Waals surface area contributed by atoms with E-state index in [0.717, 1.165) is 12.8 Å². The van der Waals surface area contributed by atoms with E-state index in [1.54, 1.807) is 17.0 Å². The number of hydrogen-bond acceptors (Lipinski definition) is 3. The predicted molar refractivity (Wildman–Crippen MR) is 62.2 cm³/mol. The van der Waals surface area contributed by atoms with Crippen molar-refractivity contribution >= 4 is 21.8 Å². The van der Waals surface area contributed by atoms with Crippen LogP contribution in [0.5, 0.6) is 0 Å². The molecule has 5 heteroatoms. The Labute approximate surface area is 102 Å². The fourth-order valence-electron chi connectivity index (χ4n) is 2.02. The Hall–Kier alpha value is -0.810. The van der Waals surface area contributed by atoms with Gasteiger partial charge in [0.05, 0.1) is 18.7 Å². The molecule has 2 heterocycles. The van der Waals surface area contributed by atoms with Gasteiger partial charge < -0.3 is 14.4 Å². The van der Waals surface area contributed by atoms with Crippen molar-refractivity contribution in [3.63, 3.8) is 0 Å². The lowest BCUT2D eigenvalue weighted by Gasteiger charge is -2.46. The van der Waals surface area contributed by atoms with Gasteiger partial charge in [0, 0.05) is 0 Å². The second kappa shape index (κ2) is 4.22. The molecule has 1 saturated heterocycles. The highest BCUT2D eigenvalue weighted by atomic mass is 79.9. The lowest BCUT2D eigenvalue weighted by molar-refractivity contribution is -0.0868. The van der Waals surface area contributed by atoms with E-state index >= 15 is 0 Å². The molecule has 0 bridgehead atoms. The molecule has 0 aromatic carbocycles. The van der Waals surface area contributed by atoms with Crippen LogP contribution in [0, 0.1) is 0 Å². The minimum absolute atomic E-state index is 0.161. The summed E-state index contributed by atoms with van der Waals surface area (Å²) in [4.78, 5) is 13.4. The second-order valence-electron chi connectivity index (χ2n) is 4.24. The van der Waals surface area contributed by atoms with E-state index in [1.807, 2.05) is 6.92 Å². The molecule has 88 valence electrons. The van der Waals surface area contributed by atoms with Gasteiger partial charge in [0.25, 0.3) is 5.91 Å². The largest absolute Gasteiger partial charge is 0.444 e. The molecule has 1 amide bonds. The quantitative estimate of drug-likeness (QED) is 0.926. The van der Waals surface area contributed by atoms with Crippen LogP contribution in [0.25, 0.3) is 0 Å². The average molecular weight is 288 g/mol. The number of carbonyl (C=O) groups is 1. The monoisotopic (exact) mass is 287 g/mol. The molecule has 16 heavy (non-hydrogen) atoms. The topological polar surface area (TPSA) is 53.7 Å². The number of amides is 1. The molecule has 0 aliphatic carbocycles. The Bertz CT molecular complexity index is 396. The fourth-order valence-corrected chi connectivity index (χ4v) is 2.32. The van der Waals surface area contributed by atoms with Gasteiger partial charge in [0.15, 0.2) is 10.4 Å². The molecule has 0 atom stereocenters. The van der Waals surface area contributed by atoms with Gasteiger partial charge in [-0.2, -0.15) is 0 Å². The third kappa shape index (κ3) is 2.15. The number of hydrogen-bond donors (Lipinski definition) is 1. The van der Waals surface area contributed by atoms with Crippen molar-refractivity contribution < 1.29 is 14.3 Å². The van der Waals surface area contributed by atoms with Crippen LogP contribution >= 0.6 is 15.9 Å². The Kier molecular flexibility index (Phi) is 3.08. The minimum Gasteiger partial charge on any atom is -0.444 e. The number of rotatable bonds is 3. The number of aliphatic hydroxyl groups is 1. The Balaban J connectivity index is 1.95. The number of carbonyl (C=O) groups excluding carboxylic acids is 1. The van der Waals surface area contributed by atoms with E-state index in [-0.39, 0.29) is 5.91 Å². The average Bonchev–Trinajstić information content (AvgIpc) is 2.60. The number of β-amino-alcohol motifs (C(OH)–C–C–N with tert-alkyl or cyclic N) is 1. The van der Waals surface area contributed by atoms with E-state index in [9.17, 15) is 9.90 Å². The summed E-state index contributed by atoms with van der Waals surface area (Å²) in [7, 11) is 0. The van der Waals surface area contributed by atoms with Gasteiger partial charge in [-0.1, -0.05) is 13.3 Å². The summed E-state index contributed by atoms with van der Waals surface area (Å²) in [5.74, 6) is 0.150. The molecular formula is C11H14BrNO3. The predicted octanol–water partition coefficient (Wildman–Crippen LogP) is 2.03. The van der Waals surface area contributed by atoms with E-state index in [1.165, 1.54) is 0 Å². The Morgan fingerprint density at radius 3 is 2.81 bits per heavy atom. The van der Waals surface area contributed by atoms with Crippen LogP contribution in [0.2, 0.25) is 0 Å². The normalized spacial score (nSPS) is 18.3. The first-order valence-electron chi connectivity index (χ1n) is 5.31. The molecule has 0 spiro atoms. The summed E-state index contributed by atoms with van der Waals surface area (Å²) in [5.41, 5.74) is -0.686. The van der Waals surface area contributed by atoms with Gasteiger partial charge in [-0.15, -0.1) is 0 Å². The first kappa shape index (κ1) is 11.7. The molecule has 4 nitrogen and oxygen atoms in total. The van der Waals surface area contributed by atoms with Gasteiger partial charge in [0.1, 0.15) is 0 Å². The highest BCUT2D eigenvalue weighted by molar-refractivity contribution is 9.10. The van der Waals surface area contributed by atoms with Crippen LogP contribution in [-0.4, -0.2) is 34.6 Å². The third-order valence-electron chi connectivity index (χ3n) is 2.76. The van der Waals surface area contributed by atoms with Crippen molar-refractivity contribution in [3.8, 4) is 0 Å². The molecule has 0 radical (unpaired) electrons. The number of furan rings is 1. The smallest absolute Gasteiger partial charge is 0.289 e. The first-order valence-corrected chi connectivity index (χ1v) is 6.10. The summed E-state index contributed by atoms with van der Waals surface area (Å²) in [6, 6.07) is 3.31. The van der Waals surface area contributed by atoms with E-state index in [4.69, 9.17) is 4.42 Å².